The Morgan fingerprint density at radius 3 is 2.05 bits per heavy atom. The summed E-state index contributed by atoms with van der Waals surface area (Å²) in [5.41, 5.74) is 1.27. The molecular formula is C15H20O5. The molecule has 0 bridgehead atoms. The molecule has 0 atom stereocenters. The average Bonchev–Trinajstić information content (AvgIpc) is 2.46. The van der Waals surface area contributed by atoms with E-state index in [2.05, 4.69) is 0 Å². The lowest BCUT2D eigenvalue weighted by atomic mass is 10.1. The van der Waals surface area contributed by atoms with E-state index in [1.165, 1.54) is 0 Å². The Kier molecular flexibility index (Phi) is 5.90. The molecule has 110 valence electrons. The second-order valence-corrected chi connectivity index (χ2v) is 4.01. The molecule has 0 saturated carbocycles. The number of esters is 1. The molecule has 5 heteroatoms. The van der Waals surface area contributed by atoms with Gasteiger partial charge in [-0.1, -0.05) is 0 Å². The second-order valence-electron chi connectivity index (χ2n) is 4.01. The average molecular weight is 280 g/mol. The van der Waals surface area contributed by atoms with Crippen LogP contribution in [0.4, 0.5) is 0 Å². The van der Waals surface area contributed by atoms with Gasteiger partial charge in [0.2, 0.25) is 5.75 Å². The van der Waals surface area contributed by atoms with Crippen LogP contribution < -0.4 is 14.2 Å². The Morgan fingerprint density at radius 1 is 1.10 bits per heavy atom. The number of carbonyl (C=O) groups excluding carboxylic acids is 1. The van der Waals surface area contributed by atoms with Gasteiger partial charge in [0.05, 0.1) is 27.9 Å². The first-order chi connectivity index (χ1) is 9.57. The van der Waals surface area contributed by atoms with Crippen LogP contribution in [-0.2, 0) is 9.53 Å². The van der Waals surface area contributed by atoms with E-state index < -0.39 is 0 Å². The normalized spacial score (nSPS) is 10.9. The summed E-state index contributed by atoms with van der Waals surface area (Å²) in [5, 5.41) is 0. The topological polar surface area (TPSA) is 54.0 Å². The molecular weight excluding hydrogens is 260 g/mol. The minimum atomic E-state index is -0.346. The lowest BCUT2D eigenvalue weighted by molar-refractivity contribution is -0.138. The molecule has 0 N–H and O–H groups in total. The van der Waals surface area contributed by atoms with Crippen molar-refractivity contribution in [3.63, 3.8) is 0 Å². The molecule has 5 nitrogen and oxygen atoms in total. The number of rotatable bonds is 6. The Hall–Kier alpha value is -2.17. The van der Waals surface area contributed by atoms with Crippen LogP contribution in [0.3, 0.4) is 0 Å². The smallest absolute Gasteiger partial charge is 0.333 e. The summed E-state index contributed by atoms with van der Waals surface area (Å²) in [4.78, 5) is 11.6. The molecule has 0 amide bonds. The summed E-state index contributed by atoms with van der Waals surface area (Å²) in [6.07, 6.45) is 1.71. The Morgan fingerprint density at radius 2 is 1.65 bits per heavy atom. The third kappa shape index (κ3) is 3.66. The van der Waals surface area contributed by atoms with Crippen molar-refractivity contribution in [2.24, 2.45) is 0 Å². The number of methoxy groups -OCH3 is 3. The van der Waals surface area contributed by atoms with E-state index in [-0.39, 0.29) is 5.97 Å². The van der Waals surface area contributed by atoms with Gasteiger partial charge in [-0.05, 0) is 37.6 Å². The van der Waals surface area contributed by atoms with Gasteiger partial charge in [0.25, 0.3) is 0 Å². The SMILES string of the molecule is CCOC(=O)/C(C)=C/c1cc(OC)c(OC)c(OC)c1. The highest BCUT2D eigenvalue weighted by Crippen LogP contribution is 2.38. The maximum absolute atomic E-state index is 11.6. The first-order valence-electron chi connectivity index (χ1n) is 6.22. The highest BCUT2D eigenvalue weighted by molar-refractivity contribution is 5.93. The molecule has 0 aromatic heterocycles. The minimum Gasteiger partial charge on any atom is -0.493 e. The van der Waals surface area contributed by atoms with Crippen molar-refractivity contribution in [1.82, 2.24) is 0 Å². The highest BCUT2D eigenvalue weighted by atomic mass is 16.5. The van der Waals surface area contributed by atoms with Gasteiger partial charge < -0.3 is 18.9 Å². The van der Waals surface area contributed by atoms with Crippen molar-refractivity contribution in [3.8, 4) is 17.2 Å². The van der Waals surface area contributed by atoms with E-state index in [9.17, 15) is 4.79 Å². The number of benzene rings is 1. The fourth-order valence-corrected chi connectivity index (χ4v) is 1.74. The number of hydrogen-bond acceptors (Lipinski definition) is 5. The maximum Gasteiger partial charge on any atom is 0.333 e. The van der Waals surface area contributed by atoms with Crippen LogP contribution in [0.15, 0.2) is 17.7 Å². The monoisotopic (exact) mass is 280 g/mol. The fourth-order valence-electron chi connectivity index (χ4n) is 1.74. The van der Waals surface area contributed by atoms with Gasteiger partial charge >= 0.3 is 5.97 Å². The summed E-state index contributed by atoms with van der Waals surface area (Å²) in [5.74, 6) is 1.24. The fraction of sp³-hybridized carbons (Fsp3) is 0.400. The molecule has 0 aliphatic rings. The van der Waals surface area contributed by atoms with Crippen molar-refractivity contribution in [3.05, 3.63) is 23.3 Å². The zero-order valence-corrected chi connectivity index (χ0v) is 12.5. The van der Waals surface area contributed by atoms with E-state index in [0.717, 1.165) is 5.56 Å². The summed E-state index contributed by atoms with van der Waals surface area (Å²) < 4.78 is 20.7. The second kappa shape index (κ2) is 7.43. The van der Waals surface area contributed by atoms with E-state index in [4.69, 9.17) is 18.9 Å². The van der Waals surface area contributed by atoms with Crippen molar-refractivity contribution in [1.29, 1.82) is 0 Å². The van der Waals surface area contributed by atoms with Gasteiger partial charge in [-0.3, -0.25) is 0 Å². The van der Waals surface area contributed by atoms with Crippen LogP contribution in [0.1, 0.15) is 19.4 Å². The van der Waals surface area contributed by atoms with Gasteiger partial charge in [0.1, 0.15) is 0 Å². The first-order valence-corrected chi connectivity index (χ1v) is 6.22. The third-order valence-corrected chi connectivity index (χ3v) is 2.67. The first kappa shape index (κ1) is 15.9. The summed E-state index contributed by atoms with van der Waals surface area (Å²) in [6.45, 7) is 3.81. The van der Waals surface area contributed by atoms with Crippen molar-refractivity contribution in [2.45, 2.75) is 13.8 Å². The third-order valence-electron chi connectivity index (χ3n) is 2.67. The number of hydrogen-bond donors (Lipinski definition) is 0. The number of ether oxygens (including phenoxy) is 4. The van der Waals surface area contributed by atoms with Crippen LogP contribution in [0.5, 0.6) is 17.2 Å². The van der Waals surface area contributed by atoms with Crippen LogP contribution in [-0.4, -0.2) is 33.9 Å². The van der Waals surface area contributed by atoms with Gasteiger partial charge in [-0.15, -0.1) is 0 Å². The molecule has 1 aromatic rings. The van der Waals surface area contributed by atoms with Crippen LogP contribution in [0.2, 0.25) is 0 Å². The zero-order valence-electron chi connectivity index (χ0n) is 12.5. The lowest BCUT2D eigenvalue weighted by Gasteiger charge is -2.13. The molecule has 0 radical (unpaired) electrons. The summed E-state index contributed by atoms with van der Waals surface area (Å²) in [6, 6.07) is 3.54. The van der Waals surface area contributed by atoms with Gasteiger partial charge in [-0.25, -0.2) is 4.79 Å². The van der Waals surface area contributed by atoms with Crippen molar-refractivity contribution >= 4 is 12.0 Å². The minimum absolute atomic E-state index is 0.346. The van der Waals surface area contributed by atoms with Crippen LogP contribution >= 0.6 is 0 Å². The molecule has 20 heavy (non-hydrogen) atoms. The van der Waals surface area contributed by atoms with E-state index in [1.807, 2.05) is 0 Å². The zero-order chi connectivity index (χ0) is 15.1. The largest absolute Gasteiger partial charge is 0.493 e. The summed E-state index contributed by atoms with van der Waals surface area (Å²) >= 11 is 0. The van der Waals surface area contributed by atoms with E-state index in [0.29, 0.717) is 29.4 Å². The van der Waals surface area contributed by atoms with Gasteiger partial charge in [-0.2, -0.15) is 0 Å². The Labute approximate surface area is 119 Å². The maximum atomic E-state index is 11.6. The summed E-state index contributed by atoms with van der Waals surface area (Å²) in [7, 11) is 4.63. The van der Waals surface area contributed by atoms with Crippen molar-refractivity contribution < 1.29 is 23.7 Å². The molecule has 1 rings (SSSR count). The van der Waals surface area contributed by atoms with E-state index >= 15 is 0 Å². The highest BCUT2D eigenvalue weighted by Gasteiger charge is 2.13. The Bertz CT molecular complexity index is 480. The molecule has 0 aliphatic carbocycles. The quantitative estimate of drug-likeness (QED) is 0.592. The molecule has 0 heterocycles. The lowest BCUT2D eigenvalue weighted by Crippen LogP contribution is -2.04. The van der Waals surface area contributed by atoms with Crippen LogP contribution in [0, 0.1) is 0 Å². The molecule has 0 spiro atoms. The van der Waals surface area contributed by atoms with Crippen LogP contribution in [0.25, 0.3) is 6.08 Å². The van der Waals surface area contributed by atoms with Gasteiger partial charge in [0, 0.05) is 5.57 Å². The molecule has 0 aliphatic heterocycles. The predicted octanol–water partition coefficient (Wildman–Crippen LogP) is 2.68. The molecule has 0 fully saturated rings. The predicted molar refractivity (Wildman–Crippen MR) is 76.4 cm³/mol. The molecule has 1 aromatic carbocycles. The number of carbonyl (C=O) groups is 1. The molecule has 0 unspecified atom stereocenters. The van der Waals surface area contributed by atoms with Crippen molar-refractivity contribution in [2.75, 3.05) is 27.9 Å². The van der Waals surface area contributed by atoms with Gasteiger partial charge in [0.15, 0.2) is 11.5 Å². The standard InChI is InChI=1S/C15H20O5/c1-6-20-15(16)10(2)7-11-8-12(17-3)14(19-5)13(9-11)18-4/h7-9H,6H2,1-5H3/b10-7+. The Balaban J connectivity index is 3.19. The van der Waals surface area contributed by atoms with E-state index in [1.54, 1.807) is 53.4 Å². The molecule has 0 saturated heterocycles.